The van der Waals surface area contributed by atoms with Gasteiger partial charge in [0.25, 0.3) is 0 Å². The fraction of sp³-hybridized carbons (Fsp3) is 0.240. The zero-order valence-electron chi connectivity index (χ0n) is 17.8. The van der Waals surface area contributed by atoms with Gasteiger partial charge in [-0.3, -0.25) is 9.78 Å². The number of carbonyl (C=O) groups is 1. The Kier molecular flexibility index (Phi) is 5.56. The Labute approximate surface area is 186 Å². The molecule has 2 aromatic heterocycles. The fourth-order valence-corrected chi connectivity index (χ4v) is 4.07. The predicted molar refractivity (Wildman–Crippen MR) is 121 cm³/mol. The lowest BCUT2D eigenvalue weighted by molar-refractivity contribution is -0.138. The average molecular weight is 428 g/mol. The Hall–Kier alpha value is -3.71. The highest BCUT2D eigenvalue weighted by molar-refractivity contribution is 5.88. The summed E-state index contributed by atoms with van der Waals surface area (Å²) < 4.78 is 11.3. The van der Waals surface area contributed by atoms with Crippen LogP contribution in [0.25, 0.3) is 22.2 Å². The van der Waals surface area contributed by atoms with Gasteiger partial charge in [-0.2, -0.15) is 0 Å². The van der Waals surface area contributed by atoms with Crippen molar-refractivity contribution in [3.05, 3.63) is 78.4 Å². The standard InChI is InChI=1S/C25H24N4O3/c1-31-19-6-4-5-17(11-19)22-14-26-15-23(28-22)24-16-29(9-10-32-24)25(30)12-18-13-27-21-8-3-2-7-20(18)21/h2-8,11,13-15,24,27H,9-10,12,16H2,1H3/t24-/m0/s1. The number of nitrogens with zero attached hydrogens (tertiary/aromatic N) is 3. The first kappa shape index (κ1) is 20.2. The van der Waals surface area contributed by atoms with Crippen LogP contribution in [0.15, 0.2) is 67.1 Å². The van der Waals surface area contributed by atoms with E-state index in [1.165, 1.54) is 0 Å². The maximum absolute atomic E-state index is 13.1. The molecule has 1 aliphatic heterocycles. The molecular formula is C25H24N4O3. The lowest BCUT2D eigenvalue weighted by Crippen LogP contribution is -2.43. The monoisotopic (exact) mass is 428 g/mol. The van der Waals surface area contributed by atoms with Crippen LogP contribution in [-0.4, -0.2) is 52.6 Å². The number of benzene rings is 2. The highest BCUT2D eigenvalue weighted by Gasteiger charge is 2.27. The molecule has 0 aliphatic carbocycles. The second-order valence-electron chi connectivity index (χ2n) is 7.80. The largest absolute Gasteiger partial charge is 0.497 e. The molecule has 162 valence electrons. The molecule has 1 fully saturated rings. The number of amides is 1. The maximum Gasteiger partial charge on any atom is 0.227 e. The smallest absolute Gasteiger partial charge is 0.227 e. The Morgan fingerprint density at radius 1 is 1.22 bits per heavy atom. The molecule has 2 aromatic carbocycles. The molecule has 0 bridgehead atoms. The SMILES string of the molecule is COc1cccc(-c2cncc([C@@H]3CN(C(=O)Cc4c[nH]c5ccccc45)CCO3)n2)c1. The van der Waals surface area contributed by atoms with Crippen molar-refractivity contribution < 1.29 is 14.3 Å². The minimum atomic E-state index is -0.311. The number of fused-ring (bicyclic) bond motifs is 1. The van der Waals surface area contributed by atoms with Crippen molar-refractivity contribution in [1.29, 1.82) is 0 Å². The number of para-hydroxylation sites is 1. The van der Waals surface area contributed by atoms with Crippen LogP contribution in [0.2, 0.25) is 0 Å². The van der Waals surface area contributed by atoms with Crippen LogP contribution in [0.3, 0.4) is 0 Å². The van der Waals surface area contributed by atoms with E-state index in [1.54, 1.807) is 19.5 Å². The summed E-state index contributed by atoms with van der Waals surface area (Å²) in [5.41, 5.74) is 4.43. The molecule has 0 saturated carbocycles. The number of hydrogen-bond acceptors (Lipinski definition) is 5. The molecule has 0 unspecified atom stereocenters. The number of carbonyl (C=O) groups excluding carboxylic acids is 1. The summed E-state index contributed by atoms with van der Waals surface area (Å²) >= 11 is 0. The highest BCUT2D eigenvalue weighted by Crippen LogP contribution is 2.26. The fourth-order valence-electron chi connectivity index (χ4n) is 4.07. The van der Waals surface area contributed by atoms with Crippen LogP contribution >= 0.6 is 0 Å². The zero-order valence-corrected chi connectivity index (χ0v) is 17.8. The molecule has 3 heterocycles. The predicted octanol–water partition coefficient (Wildman–Crippen LogP) is 3.78. The first-order valence-electron chi connectivity index (χ1n) is 10.6. The van der Waals surface area contributed by atoms with Gasteiger partial charge in [-0.05, 0) is 23.8 Å². The van der Waals surface area contributed by atoms with Gasteiger partial charge in [0.15, 0.2) is 0 Å². The molecule has 7 heteroatoms. The molecule has 7 nitrogen and oxygen atoms in total. The van der Waals surface area contributed by atoms with Crippen LogP contribution in [0.4, 0.5) is 0 Å². The van der Waals surface area contributed by atoms with Crippen molar-refractivity contribution in [2.45, 2.75) is 12.5 Å². The van der Waals surface area contributed by atoms with Gasteiger partial charge in [0.2, 0.25) is 5.91 Å². The highest BCUT2D eigenvalue weighted by atomic mass is 16.5. The number of methoxy groups -OCH3 is 1. The topological polar surface area (TPSA) is 80.3 Å². The van der Waals surface area contributed by atoms with Crippen LogP contribution in [0, 0.1) is 0 Å². The Bertz CT molecular complexity index is 1250. The molecule has 1 saturated heterocycles. The molecule has 0 spiro atoms. The first-order valence-corrected chi connectivity index (χ1v) is 10.6. The molecule has 5 rings (SSSR count). The summed E-state index contributed by atoms with van der Waals surface area (Å²) in [7, 11) is 1.64. The molecule has 1 atom stereocenters. The van der Waals surface area contributed by atoms with Gasteiger partial charge in [0, 0.05) is 29.2 Å². The minimum absolute atomic E-state index is 0.0833. The molecule has 1 aliphatic rings. The quantitative estimate of drug-likeness (QED) is 0.523. The summed E-state index contributed by atoms with van der Waals surface area (Å²) in [5.74, 6) is 0.845. The molecule has 32 heavy (non-hydrogen) atoms. The van der Waals surface area contributed by atoms with Gasteiger partial charge >= 0.3 is 0 Å². The Morgan fingerprint density at radius 3 is 3.03 bits per heavy atom. The van der Waals surface area contributed by atoms with Gasteiger partial charge in [-0.15, -0.1) is 0 Å². The number of morpholine rings is 1. The van der Waals surface area contributed by atoms with E-state index in [9.17, 15) is 4.79 Å². The van der Waals surface area contributed by atoms with Crippen LogP contribution in [0.5, 0.6) is 5.75 Å². The lowest BCUT2D eigenvalue weighted by Gasteiger charge is -2.32. The molecule has 4 aromatic rings. The number of aromatic nitrogens is 3. The van der Waals surface area contributed by atoms with E-state index < -0.39 is 0 Å². The van der Waals surface area contributed by atoms with Crippen LogP contribution in [0.1, 0.15) is 17.4 Å². The Balaban J connectivity index is 1.32. The third kappa shape index (κ3) is 4.07. The van der Waals surface area contributed by atoms with E-state index in [4.69, 9.17) is 14.5 Å². The second-order valence-corrected chi connectivity index (χ2v) is 7.80. The van der Waals surface area contributed by atoms with Crippen molar-refractivity contribution >= 4 is 16.8 Å². The average Bonchev–Trinajstić information content (AvgIpc) is 3.27. The van der Waals surface area contributed by atoms with Crippen molar-refractivity contribution in [3.63, 3.8) is 0 Å². The summed E-state index contributed by atoms with van der Waals surface area (Å²) in [6, 6.07) is 15.7. The van der Waals surface area contributed by atoms with Crippen molar-refractivity contribution in [1.82, 2.24) is 19.9 Å². The number of ether oxygens (including phenoxy) is 2. The third-order valence-corrected chi connectivity index (χ3v) is 5.78. The minimum Gasteiger partial charge on any atom is -0.497 e. The van der Waals surface area contributed by atoms with Gasteiger partial charge in [0.05, 0.1) is 50.5 Å². The van der Waals surface area contributed by atoms with Gasteiger partial charge in [0.1, 0.15) is 11.9 Å². The Morgan fingerprint density at radius 2 is 2.12 bits per heavy atom. The van der Waals surface area contributed by atoms with Crippen LogP contribution in [-0.2, 0) is 16.0 Å². The van der Waals surface area contributed by atoms with Crippen LogP contribution < -0.4 is 4.74 Å². The summed E-state index contributed by atoms with van der Waals surface area (Å²) in [6.45, 7) is 1.49. The van der Waals surface area contributed by atoms with E-state index >= 15 is 0 Å². The summed E-state index contributed by atoms with van der Waals surface area (Å²) in [5, 5.41) is 1.09. The first-order chi connectivity index (χ1) is 15.7. The van der Waals surface area contributed by atoms with E-state index in [-0.39, 0.29) is 12.0 Å². The number of H-pyrrole nitrogens is 1. The van der Waals surface area contributed by atoms with E-state index in [0.29, 0.717) is 26.1 Å². The third-order valence-electron chi connectivity index (χ3n) is 5.78. The van der Waals surface area contributed by atoms with Gasteiger partial charge < -0.3 is 19.4 Å². The van der Waals surface area contributed by atoms with Gasteiger partial charge in [-0.25, -0.2) is 4.98 Å². The molecule has 0 radical (unpaired) electrons. The number of aromatic amines is 1. The number of nitrogens with one attached hydrogen (secondary N) is 1. The van der Waals surface area contributed by atoms with E-state index in [1.807, 2.05) is 59.6 Å². The lowest BCUT2D eigenvalue weighted by atomic mass is 10.1. The normalized spacial score (nSPS) is 16.3. The van der Waals surface area contributed by atoms with Crippen molar-refractivity contribution in [2.24, 2.45) is 0 Å². The van der Waals surface area contributed by atoms with Gasteiger partial charge in [-0.1, -0.05) is 30.3 Å². The summed E-state index contributed by atoms with van der Waals surface area (Å²) in [6.07, 6.45) is 5.40. The number of rotatable bonds is 5. The zero-order chi connectivity index (χ0) is 21.9. The molecule has 1 N–H and O–H groups in total. The van der Waals surface area contributed by atoms with Crippen molar-refractivity contribution in [3.8, 4) is 17.0 Å². The molecular weight excluding hydrogens is 404 g/mol. The maximum atomic E-state index is 13.1. The van der Waals surface area contributed by atoms with Crippen molar-refractivity contribution in [2.75, 3.05) is 26.8 Å². The number of hydrogen-bond donors (Lipinski definition) is 1. The van der Waals surface area contributed by atoms with E-state index in [2.05, 4.69) is 9.97 Å². The molecule has 1 amide bonds. The summed E-state index contributed by atoms with van der Waals surface area (Å²) in [4.78, 5) is 27.3. The second kappa shape index (κ2) is 8.80. The van der Waals surface area contributed by atoms with E-state index in [0.717, 1.165) is 39.2 Å².